The molecule has 0 aliphatic heterocycles. The van der Waals surface area contributed by atoms with Crippen LogP contribution in [0.25, 0.3) is 0 Å². The number of carbonyl (C=O) groups excluding carboxylic acids is 1. The first-order chi connectivity index (χ1) is 13.3. The van der Waals surface area contributed by atoms with Gasteiger partial charge in [-0.2, -0.15) is 0 Å². The minimum absolute atomic E-state index is 0.0417. The standard InChI is InChI=1S/C21H43NO6/c1-6-12-26-15-19(23)16-28-20(24)14-18(7-2)10-13-27-21(25)17(4)9-11-22(5)8-3/h17-20,23-24H,6-16H2,1-5H3. The van der Waals surface area contributed by atoms with E-state index in [2.05, 4.69) is 11.8 Å². The van der Waals surface area contributed by atoms with Crippen LogP contribution in [-0.4, -0.2) is 80.0 Å². The number of hydrogen-bond donors (Lipinski definition) is 2. The van der Waals surface area contributed by atoms with Gasteiger partial charge in [0, 0.05) is 13.0 Å². The monoisotopic (exact) mass is 405 g/mol. The van der Waals surface area contributed by atoms with Crippen LogP contribution in [-0.2, 0) is 19.0 Å². The Morgan fingerprint density at radius 2 is 1.79 bits per heavy atom. The number of ether oxygens (including phenoxy) is 3. The van der Waals surface area contributed by atoms with Gasteiger partial charge in [0.25, 0.3) is 0 Å². The SMILES string of the molecule is CCCOCC(O)COC(O)CC(CC)CCOC(=O)C(C)CCN(C)CC. The maximum Gasteiger partial charge on any atom is 0.308 e. The Morgan fingerprint density at radius 1 is 1.07 bits per heavy atom. The minimum Gasteiger partial charge on any atom is -0.465 e. The summed E-state index contributed by atoms with van der Waals surface area (Å²) >= 11 is 0. The molecule has 0 rings (SSSR count). The number of esters is 1. The quantitative estimate of drug-likeness (QED) is 0.206. The molecule has 0 aliphatic rings. The van der Waals surface area contributed by atoms with Gasteiger partial charge in [-0.1, -0.05) is 34.1 Å². The van der Waals surface area contributed by atoms with E-state index in [9.17, 15) is 15.0 Å². The summed E-state index contributed by atoms with van der Waals surface area (Å²) in [4.78, 5) is 14.2. The van der Waals surface area contributed by atoms with Crippen LogP contribution in [0.5, 0.6) is 0 Å². The van der Waals surface area contributed by atoms with Gasteiger partial charge in [-0.05, 0) is 45.3 Å². The zero-order chi connectivity index (χ0) is 21.4. The van der Waals surface area contributed by atoms with Crippen LogP contribution in [0.3, 0.4) is 0 Å². The molecule has 7 nitrogen and oxygen atoms in total. The average molecular weight is 406 g/mol. The van der Waals surface area contributed by atoms with E-state index in [0.717, 1.165) is 32.4 Å². The highest BCUT2D eigenvalue weighted by atomic mass is 16.6. The smallest absolute Gasteiger partial charge is 0.308 e. The number of carbonyl (C=O) groups is 1. The topological polar surface area (TPSA) is 88.5 Å². The lowest BCUT2D eigenvalue weighted by Crippen LogP contribution is -2.27. The molecule has 0 heterocycles. The average Bonchev–Trinajstić information content (AvgIpc) is 2.69. The molecular formula is C21H43NO6. The van der Waals surface area contributed by atoms with Crippen molar-refractivity contribution in [3.05, 3.63) is 0 Å². The van der Waals surface area contributed by atoms with Gasteiger partial charge in [-0.15, -0.1) is 0 Å². The maximum atomic E-state index is 12.1. The van der Waals surface area contributed by atoms with Gasteiger partial charge in [-0.3, -0.25) is 4.79 Å². The first-order valence-corrected chi connectivity index (χ1v) is 10.7. The van der Waals surface area contributed by atoms with Crippen molar-refractivity contribution < 1.29 is 29.2 Å². The van der Waals surface area contributed by atoms with Gasteiger partial charge in [0.15, 0.2) is 6.29 Å². The van der Waals surface area contributed by atoms with Crippen molar-refractivity contribution >= 4 is 5.97 Å². The summed E-state index contributed by atoms with van der Waals surface area (Å²) in [6.07, 6.45) is 2.00. The molecule has 0 saturated heterocycles. The van der Waals surface area contributed by atoms with Crippen molar-refractivity contribution in [2.24, 2.45) is 11.8 Å². The predicted octanol–water partition coefficient (Wildman–Crippen LogP) is 2.44. The highest BCUT2D eigenvalue weighted by Crippen LogP contribution is 2.17. The molecule has 2 N–H and O–H groups in total. The van der Waals surface area contributed by atoms with E-state index < -0.39 is 12.4 Å². The van der Waals surface area contributed by atoms with Crippen LogP contribution in [0.15, 0.2) is 0 Å². The summed E-state index contributed by atoms with van der Waals surface area (Å²) in [7, 11) is 2.04. The third-order valence-electron chi connectivity index (χ3n) is 4.91. The van der Waals surface area contributed by atoms with Crippen molar-refractivity contribution in [1.29, 1.82) is 0 Å². The van der Waals surface area contributed by atoms with E-state index >= 15 is 0 Å². The Hall–Kier alpha value is -0.730. The Labute approximate surface area is 171 Å². The third kappa shape index (κ3) is 14.3. The van der Waals surface area contributed by atoms with Gasteiger partial charge in [0.2, 0.25) is 0 Å². The van der Waals surface area contributed by atoms with Crippen molar-refractivity contribution in [3.8, 4) is 0 Å². The number of aliphatic hydroxyl groups is 2. The molecule has 0 aliphatic carbocycles. The van der Waals surface area contributed by atoms with Crippen molar-refractivity contribution in [2.45, 2.75) is 72.2 Å². The number of rotatable bonds is 18. The summed E-state index contributed by atoms with van der Waals surface area (Å²) < 4.78 is 16.0. The maximum absolute atomic E-state index is 12.1. The molecule has 0 aromatic carbocycles. The fraction of sp³-hybridized carbons (Fsp3) is 0.952. The molecule has 7 heteroatoms. The Morgan fingerprint density at radius 3 is 2.39 bits per heavy atom. The molecule has 0 radical (unpaired) electrons. The first kappa shape index (κ1) is 27.3. The lowest BCUT2D eigenvalue weighted by Gasteiger charge is -2.21. The van der Waals surface area contributed by atoms with E-state index in [1.54, 1.807) is 0 Å². The fourth-order valence-electron chi connectivity index (χ4n) is 2.63. The van der Waals surface area contributed by atoms with Crippen LogP contribution in [0, 0.1) is 11.8 Å². The second-order valence-electron chi connectivity index (χ2n) is 7.57. The number of nitrogens with zero attached hydrogens (tertiary/aromatic N) is 1. The zero-order valence-corrected chi connectivity index (χ0v) is 18.6. The molecule has 0 amide bonds. The zero-order valence-electron chi connectivity index (χ0n) is 18.6. The van der Waals surface area contributed by atoms with Gasteiger partial charge in [0.1, 0.15) is 6.10 Å². The van der Waals surface area contributed by atoms with Gasteiger partial charge in [-0.25, -0.2) is 0 Å². The number of hydrogen-bond acceptors (Lipinski definition) is 7. The summed E-state index contributed by atoms with van der Waals surface area (Å²) in [6.45, 7) is 11.1. The van der Waals surface area contributed by atoms with E-state index in [1.807, 2.05) is 27.8 Å². The second kappa shape index (κ2) is 17.2. The van der Waals surface area contributed by atoms with E-state index in [-0.39, 0.29) is 31.0 Å². The number of aliphatic hydroxyl groups excluding tert-OH is 2. The molecule has 0 aromatic heterocycles. The first-order valence-electron chi connectivity index (χ1n) is 10.7. The normalized spacial score (nSPS) is 16.0. The third-order valence-corrected chi connectivity index (χ3v) is 4.91. The van der Waals surface area contributed by atoms with Crippen LogP contribution in [0.2, 0.25) is 0 Å². The van der Waals surface area contributed by atoms with Crippen LogP contribution in [0.1, 0.15) is 59.8 Å². The second-order valence-corrected chi connectivity index (χ2v) is 7.57. The minimum atomic E-state index is -0.940. The summed E-state index contributed by atoms with van der Waals surface area (Å²) in [5.74, 6) is -0.0800. The van der Waals surface area contributed by atoms with Gasteiger partial charge < -0.3 is 29.3 Å². The van der Waals surface area contributed by atoms with E-state index in [4.69, 9.17) is 14.2 Å². The Kier molecular flexibility index (Phi) is 16.7. The molecule has 28 heavy (non-hydrogen) atoms. The Bertz CT molecular complexity index is 382. The lowest BCUT2D eigenvalue weighted by atomic mass is 9.98. The summed E-state index contributed by atoms with van der Waals surface area (Å²) in [5.41, 5.74) is 0. The Balaban J connectivity index is 3.99. The molecule has 0 fully saturated rings. The molecule has 0 spiro atoms. The molecule has 4 atom stereocenters. The predicted molar refractivity (Wildman–Crippen MR) is 110 cm³/mol. The highest BCUT2D eigenvalue weighted by molar-refractivity contribution is 5.71. The van der Waals surface area contributed by atoms with Crippen molar-refractivity contribution in [2.75, 3.05) is 46.6 Å². The van der Waals surface area contributed by atoms with E-state index in [1.165, 1.54) is 0 Å². The van der Waals surface area contributed by atoms with Crippen LogP contribution in [0.4, 0.5) is 0 Å². The fourth-order valence-corrected chi connectivity index (χ4v) is 2.63. The molecule has 4 unspecified atom stereocenters. The molecule has 0 bridgehead atoms. The van der Waals surface area contributed by atoms with Crippen molar-refractivity contribution in [3.63, 3.8) is 0 Å². The molecule has 168 valence electrons. The summed E-state index contributed by atoms with van der Waals surface area (Å²) in [6, 6.07) is 0. The molecular weight excluding hydrogens is 362 g/mol. The van der Waals surface area contributed by atoms with E-state index in [0.29, 0.717) is 26.1 Å². The lowest BCUT2D eigenvalue weighted by molar-refractivity contribution is -0.150. The molecule has 0 aromatic rings. The summed E-state index contributed by atoms with van der Waals surface area (Å²) in [5, 5.41) is 19.8. The largest absolute Gasteiger partial charge is 0.465 e. The molecule has 0 saturated carbocycles. The van der Waals surface area contributed by atoms with Crippen LogP contribution >= 0.6 is 0 Å². The van der Waals surface area contributed by atoms with Crippen molar-refractivity contribution in [1.82, 2.24) is 4.90 Å². The highest BCUT2D eigenvalue weighted by Gasteiger charge is 2.18. The van der Waals surface area contributed by atoms with Gasteiger partial charge in [0.05, 0.1) is 25.7 Å². The van der Waals surface area contributed by atoms with Gasteiger partial charge >= 0.3 is 5.97 Å². The van der Waals surface area contributed by atoms with Crippen LogP contribution < -0.4 is 0 Å².